The van der Waals surface area contributed by atoms with Gasteiger partial charge in [0, 0.05) is 31.1 Å². The molecule has 0 bridgehead atoms. The van der Waals surface area contributed by atoms with Crippen molar-refractivity contribution in [2.24, 2.45) is 0 Å². The van der Waals surface area contributed by atoms with Crippen LogP contribution in [-0.4, -0.2) is 40.8 Å². The summed E-state index contributed by atoms with van der Waals surface area (Å²) in [5.41, 5.74) is 0.416. The van der Waals surface area contributed by atoms with Gasteiger partial charge in [-0.2, -0.15) is 0 Å². The van der Waals surface area contributed by atoms with Crippen molar-refractivity contribution in [3.8, 4) is 0 Å². The van der Waals surface area contributed by atoms with Crippen molar-refractivity contribution in [3.63, 3.8) is 0 Å². The molecule has 0 radical (unpaired) electrons. The number of amides is 1. The molecule has 2 fully saturated rings. The molecule has 1 aromatic rings. The van der Waals surface area contributed by atoms with Gasteiger partial charge in [0.15, 0.2) is 5.69 Å². The molecule has 3 rings (SSSR count). The number of nitrogens with zero attached hydrogens (tertiary/aromatic N) is 2. The van der Waals surface area contributed by atoms with Crippen LogP contribution in [0.4, 0.5) is 0 Å². The van der Waals surface area contributed by atoms with Crippen molar-refractivity contribution in [1.29, 1.82) is 0 Å². The normalized spacial score (nSPS) is 24.4. The maximum Gasteiger partial charge on any atom is 0.273 e. The second-order valence-corrected chi connectivity index (χ2v) is 5.80. The summed E-state index contributed by atoms with van der Waals surface area (Å²) in [6.07, 6.45) is 5.37. The maximum absolute atomic E-state index is 12.0. The van der Waals surface area contributed by atoms with Crippen LogP contribution in [0.2, 0.25) is 0 Å². The highest BCUT2D eigenvalue weighted by molar-refractivity contribution is 7.96. The number of hydrogen-bond acceptors (Lipinski definition) is 5. The Kier molecular flexibility index (Phi) is 3.30. The lowest BCUT2D eigenvalue weighted by atomic mass is 10.2. The average molecular weight is 267 g/mol. The number of carbonyl (C=O) groups is 1. The summed E-state index contributed by atoms with van der Waals surface area (Å²) in [6.45, 7) is 1.93. The Labute approximate surface area is 110 Å². The van der Waals surface area contributed by atoms with E-state index in [1.807, 2.05) is 0 Å². The van der Waals surface area contributed by atoms with Crippen LogP contribution in [0, 0.1) is 0 Å². The lowest BCUT2D eigenvalue weighted by Gasteiger charge is -2.12. The van der Waals surface area contributed by atoms with E-state index in [0.29, 0.717) is 11.6 Å². The maximum atomic E-state index is 12.0. The fraction of sp³-hybridized carbons (Fsp3) is 0.667. The second kappa shape index (κ2) is 4.93. The zero-order valence-corrected chi connectivity index (χ0v) is 11.2. The highest BCUT2D eigenvalue weighted by atomic mass is 32.2. The summed E-state index contributed by atoms with van der Waals surface area (Å²) in [5, 5.41) is 6.87. The van der Waals surface area contributed by atoms with Gasteiger partial charge in [0.25, 0.3) is 5.91 Å². The zero-order valence-electron chi connectivity index (χ0n) is 10.4. The standard InChI is InChI=1S/C12H17N3O2S/c1-18-15-5-4-9(7-15)13-12(16)10-6-11(17-14-10)8-2-3-8/h6,8-9H,2-5,7H2,1H3,(H,13,16). The van der Waals surface area contributed by atoms with Crippen LogP contribution in [0.1, 0.15) is 41.4 Å². The Morgan fingerprint density at radius 1 is 1.56 bits per heavy atom. The van der Waals surface area contributed by atoms with Crippen molar-refractivity contribution in [2.45, 2.75) is 31.2 Å². The van der Waals surface area contributed by atoms with Crippen LogP contribution in [0.15, 0.2) is 10.6 Å². The highest BCUT2D eigenvalue weighted by Gasteiger charge is 2.30. The van der Waals surface area contributed by atoms with Crippen LogP contribution in [-0.2, 0) is 0 Å². The Morgan fingerprint density at radius 2 is 2.39 bits per heavy atom. The monoisotopic (exact) mass is 267 g/mol. The third-order valence-corrected chi connectivity index (χ3v) is 4.33. The SMILES string of the molecule is CSN1CCC(NC(=O)c2cc(C3CC3)on2)C1. The van der Waals surface area contributed by atoms with Gasteiger partial charge < -0.3 is 9.84 Å². The van der Waals surface area contributed by atoms with E-state index in [2.05, 4.69) is 21.0 Å². The van der Waals surface area contributed by atoms with Crippen LogP contribution in [0.5, 0.6) is 0 Å². The summed E-state index contributed by atoms with van der Waals surface area (Å²) in [7, 11) is 0. The fourth-order valence-corrected chi connectivity index (χ4v) is 2.84. The molecule has 0 spiro atoms. The molecular formula is C12H17N3O2S. The second-order valence-electron chi connectivity index (χ2n) is 4.92. The summed E-state index contributed by atoms with van der Waals surface area (Å²) in [6, 6.07) is 2.01. The Balaban J connectivity index is 1.57. The summed E-state index contributed by atoms with van der Waals surface area (Å²) in [5.74, 6) is 1.24. The number of rotatable bonds is 4. The fourth-order valence-electron chi connectivity index (χ4n) is 2.23. The minimum Gasteiger partial charge on any atom is -0.360 e. The number of aromatic nitrogens is 1. The summed E-state index contributed by atoms with van der Waals surface area (Å²) in [4.78, 5) is 12.0. The Bertz CT molecular complexity index is 444. The molecule has 1 aromatic heterocycles. The van der Waals surface area contributed by atoms with E-state index in [1.165, 1.54) is 0 Å². The van der Waals surface area contributed by atoms with Crippen molar-refractivity contribution in [1.82, 2.24) is 14.8 Å². The van der Waals surface area contributed by atoms with Gasteiger partial charge in [-0.05, 0) is 25.5 Å². The topological polar surface area (TPSA) is 58.4 Å². The molecule has 1 N–H and O–H groups in total. The van der Waals surface area contributed by atoms with E-state index in [9.17, 15) is 4.79 Å². The van der Waals surface area contributed by atoms with Crippen molar-refractivity contribution in [3.05, 3.63) is 17.5 Å². The number of nitrogens with one attached hydrogen (secondary N) is 1. The van der Waals surface area contributed by atoms with Gasteiger partial charge in [0.2, 0.25) is 0 Å². The lowest BCUT2D eigenvalue weighted by molar-refractivity contribution is 0.0930. The number of hydrogen-bond donors (Lipinski definition) is 1. The molecule has 2 aliphatic rings. The van der Waals surface area contributed by atoms with Crippen molar-refractivity contribution >= 4 is 17.9 Å². The molecule has 0 aromatic carbocycles. The molecule has 2 heterocycles. The lowest BCUT2D eigenvalue weighted by Crippen LogP contribution is -2.36. The summed E-state index contributed by atoms with van der Waals surface area (Å²) >= 11 is 1.72. The molecule has 1 aliphatic carbocycles. The molecule has 1 aliphatic heterocycles. The molecule has 1 saturated carbocycles. The van der Waals surface area contributed by atoms with Crippen LogP contribution < -0.4 is 5.32 Å². The van der Waals surface area contributed by atoms with Gasteiger partial charge >= 0.3 is 0 Å². The van der Waals surface area contributed by atoms with E-state index in [-0.39, 0.29) is 11.9 Å². The molecular weight excluding hydrogens is 250 g/mol. The van der Waals surface area contributed by atoms with Crippen LogP contribution >= 0.6 is 11.9 Å². The van der Waals surface area contributed by atoms with E-state index in [4.69, 9.17) is 4.52 Å². The molecule has 98 valence electrons. The van der Waals surface area contributed by atoms with Crippen LogP contribution in [0.25, 0.3) is 0 Å². The number of carbonyl (C=O) groups excluding carboxylic acids is 1. The highest BCUT2D eigenvalue weighted by Crippen LogP contribution is 2.40. The molecule has 1 unspecified atom stereocenters. The van der Waals surface area contributed by atoms with Gasteiger partial charge in [0.1, 0.15) is 5.76 Å². The Morgan fingerprint density at radius 3 is 3.06 bits per heavy atom. The third-order valence-electron chi connectivity index (χ3n) is 3.49. The first kappa shape index (κ1) is 12.0. The average Bonchev–Trinajstić information content (AvgIpc) is 2.93. The van der Waals surface area contributed by atoms with E-state index >= 15 is 0 Å². The molecule has 5 nitrogen and oxygen atoms in total. The quantitative estimate of drug-likeness (QED) is 0.840. The first-order chi connectivity index (χ1) is 8.76. The first-order valence-corrected chi connectivity index (χ1v) is 7.51. The smallest absolute Gasteiger partial charge is 0.273 e. The minimum absolute atomic E-state index is 0.112. The molecule has 6 heteroatoms. The van der Waals surface area contributed by atoms with Gasteiger partial charge in [-0.15, -0.1) is 0 Å². The third kappa shape index (κ3) is 2.54. The van der Waals surface area contributed by atoms with Crippen LogP contribution in [0.3, 0.4) is 0 Å². The van der Waals surface area contributed by atoms with E-state index in [1.54, 1.807) is 18.0 Å². The van der Waals surface area contributed by atoms with Gasteiger partial charge in [-0.25, -0.2) is 4.31 Å². The zero-order chi connectivity index (χ0) is 12.5. The van der Waals surface area contributed by atoms with Crippen molar-refractivity contribution < 1.29 is 9.32 Å². The minimum atomic E-state index is -0.112. The predicted molar refractivity (Wildman–Crippen MR) is 69.4 cm³/mol. The predicted octanol–water partition coefficient (Wildman–Crippen LogP) is 1.63. The van der Waals surface area contributed by atoms with Gasteiger partial charge in [-0.3, -0.25) is 4.79 Å². The van der Waals surface area contributed by atoms with E-state index in [0.717, 1.165) is 38.1 Å². The Hall–Kier alpha value is -1.01. The largest absolute Gasteiger partial charge is 0.360 e. The van der Waals surface area contributed by atoms with Gasteiger partial charge in [-0.1, -0.05) is 17.1 Å². The molecule has 18 heavy (non-hydrogen) atoms. The summed E-state index contributed by atoms with van der Waals surface area (Å²) < 4.78 is 7.44. The molecule has 1 atom stereocenters. The first-order valence-electron chi connectivity index (χ1n) is 6.33. The van der Waals surface area contributed by atoms with Crippen molar-refractivity contribution in [2.75, 3.05) is 19.3 Å². The molecule has 1 saturated heterocycles. The van der Waals surface area contributed by atoms with E-state index < -0.39 is 0 Å². The van der Waals surface area contributed by atoms with Gasteiger partial charge in [0.05, 0.1) is 0 Å². The molecule has 1 amide bonds.